The summed E-state index contributed by atoms with van der Waals surface area (Å²) in [6, 6.07) is 3.64. The molecule has 0 unspecified atom stereocenters. The molecule has 0 aromatic carbocycles. The van der Waals surface area contributed by atoms with Crippen molar-refractivity contribution in [2.24, 2.45) is 0 Å². The molecule has 0 saturated heterocycles. The minimum atomic E-state index is 0.266. The number of nitrogen functional groups attached to an aromatic ring is 1. The van der Waals surface area contributed by atoms with E-state index in [-0.39, 0.29) is 5.95 Å². The number of fused-ring (bicyclic) bond motifs is 1. The average molecular weight is 333 g/mol. The maximum absolute atomic E-state index is 5.53. The van der Waals surface area contributed by atoms with E-state index in [1.807, 2.05) is 12.1 Å². The number of hydrogen-bond acceptors (Lipinski definition) is 4. The third kappa shape index (κ3) is 1.91. The number of nitrogens with zero attached hydrogens (tertiary/aromatic N) is 2. The van der Waals surface area contributed by atoms with E-state index in [1.54, 1.807) is 7.11 Å². The van der Waals surface area contributed by atoms with Crippen molar-refractivity contribution >= 4 is 37.8 Å². The Morgan fingerprint density at radius 2 is 1.93 bits per heavy atom. The normalized spacial score (nSPS) is 10.6. The Morgan fingerprint density at radius 1 is 1.20 bits per heavy atom. The fourth-order valence-corrected chi connectivity index (χ4v) is 2.24. The van der Waals surface area contributed by atoms with E-state index < -0.39 is 0 Å². The second-order valence-corrected chi connectivity index (χ2v) is 4.58. The van der Waals surface area contributed by atoms with E-state index in [0.717, 1.165) is 20.3 Å². The Kier molecular flexibility index (Phi) is 2.79. The quantitative estimate of drug-likeness (QED) is 0.872. The van der Waals surface area contributed by atoms with Gasteiger partial charge in [-0.2, -0.15) is 0 Å². The standard InChI is InChI=1S/C9H7Br2N3O/c1-15-7-3-5(11)8-6(2-4(7)10)13-9(12)14-8/h2-3H,1H3,(H2,12,13,14). The first-order valence-corrected chi connectivity index (χ1v) is 5.66. The molecule has 1 aliphatic carbocycles. The van der Waals surface area contributed by atoms with Gasteiger partial charge in [0.2, 0.25) is 5.95 Å². The Labute approximate surface area is 103 Å². The number of halogens is 2. The van der Waals surface area contributed by atoms with Crippen LogP contribution in [0.25, 0.3) is 11.4 Å². The molecule has 6 heteroatoms. The van der Waals surface area contributed by atoms with Gasteiger partial charge in [0.05, 0.1) is 17.3 Å². The van der Waals surface area contributed by atoms with Crippen LogP contribution in [0.1, 0.15) is 0 Å². The molecule has 4 nitrogen and oxygen atoms in total. The highest BCUT2D eigenvalue weighted by Gasteiger charge is 2.14. The SMILES string of the molecule is COc1cc(Br)c2nc(N)nc-2cc1Br. The van der Waals surface area contributed by atoms with Gasteiger partial charge in [0.25, 0.3) is 0 Å². The van der Waals surface area contributed by atoms with Crippen molar-refractivity contribution in [3.05, 3.63) is 21.1 Å². The van der Waals surface area contributed by atoms with Gasteiger partial charge < -0.3 is 10.5 Å². The van der Waals surface area contributed by atoms with Gasteiger partial charge in [-0.15, -0.1) is 0 Å². The second kappa shape index (κ2) is 3.94. The number of nitrogens with two attached hydrogens (primary N) is 1. The summed E-state index contributed by atoms with van der Waals surface area (Å²) in [5.74, 6) is 0.975. The summed E-state index contributed by atoms with van der Waals surface area (Å²) in [5.41, 5.74) is 6.97. The van der Waals surface area contributed by atoms with Crippen molar-refractivity contribution in [1.82, 2.24) is 9.97 Å². The highest BCUT2D eigenvalue weighted by Crippen LogP contribution is 2.35. The van der Waals surface area contributed by atoms with Crippen molar-refractivity contribution < 1.29 is 4.74 Å². The molecule has 0 radical (unpaired) electrons. The highest BCUT2D eigenvalue weighted by atomic mass is 79.9. The van der Waals surface area contributed by atoms with Gasteiger partial charge in [0.1, 0.15) is 11.4 Å². The summed E-state index contributed by atoms with van der Waals surface area (Å²) in [5, 5.41) is 0. The molecule has 2 aliphatic rings. The molecule has 78 valence electrons. The van der Waals surface area contributed by atoms with Gasteiger partial charge >= 0.3 is 0 Å². The molecule has 0 amide bonds. The van der Waals surface area contributed by atoms with Crippen LogP contribution in [0.3, 0.4) is 0 Å². The first-order chi connectivity index (χ1) is 7.11. The lowest BCUT2D eigenvalue weighted by Crippen LogP contribution is -1.84. The maximum atomic E-state index is 5.53. The molecular weight excluding hydrogens is 326 g/mol. The summed E-state index contributed by atoms with van der Waals surface area (Å²) >= 11 is 6.80. The molecule has 0 bridgehead atoms. The van der Waals surface area contributed by atoms with E-state index in [9.17, 15) is 0 Å². The van der Waals surface area contributed by atoms with Crippen LogP contribution in [0, 0.1) is 0 Å². The van der Waals surface area contributed by atoms with Gasteiger partial charge in [-0.25, -0.2) is 9.97 Å². The van der Waals surface area contributed by atoms with Gasteiger partial charge in [-0.05, 0) is 44.0 Å². The average Bonchev–Trinajstić information content (AvgIpc) is 2.50. The molecule has 15 heavy (non-hydrogen) atoms. The predicted molar refractivity (Wildman–Crippen MR) is 65.0 cm³/mol. The number of rotatable bonds is 1. The van der Waals surface area contributed by atoms with Crippen LogP contribution in [-0.4, -0.2) is 17.1 Å². The molecule has 2 rings (SSSR count). The smallest absolute Gasteiger partial charge is 0.221 e. The third-order valence-electron chi connectivity index (χ3n) is 1.91. The maximum Gasteiger partial charge on any atom is 0.221 e. The molecule has 2 N–H and O–H groups in total. The van der Waals surface area contributed by atoms with E-state index in [4.69, 9.17) is 10.5 Å². The van der Waals surface area contributed by atoms with Gasteiger partial charge in [0, 0.05) is 4.47 Å². The van der Waals surface area contributed by atoms with Crippen molar-refractivity contribution in [2.75, 3.05) is 12.8 Å². The zero-order valence-electron chi connectivity index (χ0n) is 7.79. The Bertz CT molecular complexity index is 490. The zero-order valence-corrected chi connectivity index (χ0v) is 11.0. The van der Waals surface area contributed by atoms with Crippen LogP contribution in [0.5, 0.6) is 5.75 Å². The molecule has 0 saturated carbocycles. The van der Waals surface area contributed by atoms with E-state index >= 15 is 0 Å². The number of ether oxygens (including phenoxy) is 1. The van der Waals surface area contributed by atoms with E-state index in [2.05, 4.69) is 41.8 Å². The summed E-state index contributed by atoms with van der Waals surface area (Å²) < 4.78 is 6.79. The van der Waals surface area contributed by atoms with Gasteiger partial charge in [-0.3, -0.25) is 0 Å². The molecule has 1 heterocycles. The Morgan fingerprint density at radius 3 is 2.60 bits per heavy atom. The van der Waals surface area contributed by atoms with Crippen LogP contribution < -0.4 is 10.5 Å². The third-order valence-corrected chi connectivity index (χ3v) is 3.13. The fraction of sp³-hybridized carbons (Fsp3) is 0.111. The zero-order chi connectivity index (χ0) is 11.0. The largest absolute Gasteiger partial charge is 0.496 e. The van der Waals surface area contributed by atoms with Crippen molar-refractivity contribution in [1.29, 1.82) is 0 Å². The van der Waals surface area contributed by atoms with E-state index in [0.29, 0.717) is 5.75 Å². The monoisotopic (exact) mass is 331 g/mol. The molecule has 0 spiro atoms. The topological polar surface area (TPSA) is 61.0 Å². The number of imidazole rings is 1. The molecule has 0 fully saturated rings. The van der Waals surface area contributed by atoms with Crippen LogP contribution >= 0.6 is 31.9 Å². The Balaban J connectivity index is 2.77. The first-order valence-electron chi connectivity index (χ1n) is 4.08. The van der Waals surface area contributed by atoms with Crippen molar-refractivity contribution in [3.8, 4) is 17.1 Å². The number of anilines is 1. The molecule has 0 atom stereocenters. The molecule has 0 aromatic rings. The Hall–Kier alpha value is -0.880. The second-order valence-electron chi connectivity index (χ2n) is 2.87. The minimum Gasteiger partial charge on any atom is -0.496 e. The number of methoxy groups -OCH3 is 1. The lowest BCUT2D eigenvalue weighted by Gasteiger charge is -1.96. The van der Waals surface area contributed by atoms with Gasteiger partial charge in [0.15, 0.2) is 0 Å². The molecular formula is C9H7Br2N3O. The van der Waals surface area contributed by atoms with Crippen molar-refractivity contribution in [3.63, 3.8) is 0 Å². The summed E-state index contributed by atoms with van der Waals surface area (Å²) in [7, 11) is 1.60. The fourth-order valence-electron chi connectivity index (χ4n) is 1.25. The number of aromatic nitrogens is 2. The first kappa shape index (κ1) is 10.6. The minimum absolute atomic E-state index is 0.266. The summed E-state index contributed by atoms with van der Waals surface area (Å²) in [4.78, 5) is 8.21. The molecule has 0 aromatic heterocycles. The van der Waals surface area contributed by atoms with Gasteiger partial charge in [-0.1, -0.05) is 0 Å². The predicted octanol–water partition coefficient (Wildman–Crippen LogP) is 2.70. The summed E-state index contributed by atoms with van der Waals surface area (Å²) in [6.07, 6.45) is 0. The van der Waals surface area contributed by atoms with Crippen LogP contribution in [0.2, 0.25) is 0 Å². The van der Waals surface area contributed by atoms with E-state index in [1.165, 1.54) is 0 Å². The lowest BCUT2D eigenvalue weighted by molar-refractivity contribution is 0.412. The van der Waals surface area contributed by atoms with Crippen LogP contribution in [0.4, 0.5) is 5.95 Å². The lowest BCUT2D eigenvalue weighted by atomic mass is 10.3. The summed E-state index contributed by atoms with van der Waals surface area (Å²) in [6.45, 7) is 0. The van der Waals surface area contributed by atoms with Crippen LogP contribution in [-0.2, 0) is 0 Å². The highest BCUT2D eigenvalue weighted by molar-refractivity contribution is 9.11. The van der Waals surface area contributed by atoms with Crippen LogP contribution in [0.15, 0.2) is 21.1 Å². The van der Waals surface area contributed by atoms with Crippen molar-refractivity contribution in [2.45, 2.75) is 0 Å². The number of hydrogen-bond donors (Lipinski definition) is 1. The molecule has 1 aliphatic heterocycles.